The van der Waals surface area contributed by atoms with Gasteiger partial charge in [-0.25, -0.2) is 8.42 Å². The summed E-state index contributed by atoms with van der Waals surface area (Å²) in [6.07, 6.45) is 3.39. The highest BCUT2D eigenvalue weighted by molar-refractivity contribution is 7.89. The molecular formula is C15H19N3O2S. The zero-order chi connectivity index (χ0) is 14.9. The van der Waals surface area contributed by atoms with Gasteiger partial charge in [0, 0.05) is 25.2 Å². The number of hydrogen-bond acceptors (Lipinski definition) is 4. The van der Waals surface area contributed by atoms with Gasteiger partial charge in [0.2, 0.25) is 10.0 Å². The second kappa shape index (κ2) is 5.76. The van der Waals surface area contributed by atoms with Crippen LogP contribution in [0, 0.1) is 11.3 Å². The van der Waals surface area contributed by atoms with E-state index in [2.05, 4.69) is 11.4 Å². The summed E-state index contributed by atoms with van der Waals surface area (Å²) in [6, 6.07) is 9.47. The SMILES string of the molecule is N#CCc1ccc(S(=O)(=O)N2CCC3CCC(C2)N3)cc1. The number of nitrogens with zero attached hydrogens (tertiary/aromatic N) is 2. The summed E-state index contributed by atoms with van der Waals surface area (Å²) >= 11 is 0. The van der Waals surface area contributed by atoms with E-state index in [1.54, 1.807) is 28.6 Å². The minimum atomic E-state index is -3.43. The molecule has 1 aromatic rings. The van der Waals surface area contributed by atoms with E-state index in [0.29, 0.717) is 30.4 Å². The molecule has 2 saturated heterocycles. The third-order valence-corrected chi connectivity index (χ3v) is 6.21. The van der Waals surface area contributed by atoms with Crippen LogP contribution in [-0.4, -0.2) is 37.9 Å². The molecular weight excluding hydrogens is 286 g/mol. The van der Waals surface area contributed by atoms with Crippen LogP contribution < -0.4 is 5.32 Å². The number of rotatable bonds is 3. The van der Waals surface area contributed by atoms with Gasteiger partial charge in [0.05, 0.1) is 17.4 Å². The maximum atomic E-state index is 12.7. The van der Waals surface area contributed by atoms with Crippen molar-refractivity contribution in [1.29, 1.82) is 5.26 Å². The quantitative estimate of drug-likeness (QED) is 0.912. The first-order chi connectivity index (χ1) is 10.1. The maximum absolute atomic E-state index is 12.7. The second-order valence-corrected chi connectivity index (χ2v) is 7.71. The van der Waals surface area contributed by atoms with Crippen molar-refractivity contribution in [1.82, 2.24) is 9.62 Å². The Labute approximate surface area is 125 Å². The predicted octanol–water partition coefficient (Wildman–Crippen LogP) is 1.27. The fourth-order valence-corrected chi connectivity index (χ4v) is 4.65. The predicted molar refractivity (Wildman–Crippen MR) is 79.1 cm³/mol. The first kappa shape index (κ1) is 14.5. The standard InChI is InChI=1S/C15H19N3O2S/c16-9-7-12-1-5-15(6-2-12)21(19,20)18-10-8-13-3-4-14(11-18)17-13/h1-2,5-6,13-14,17H,3-4,7-8,10-11H2. The summed E-state index contributed by atoms with van der Waals surface area (Å²) in [5.41, 5.74) is 0.841. The Hall–Kier alpha value is -1.42. The molecule has 2 atom stereocenters. The number of nitrogens with one attached hydrogen (secondary N) is 1. The third-order valence-electron chi connectivity index (χ3n) is 4.33. The van der Waals surface area contributed by atoms with E-state index in [1.807, 2.05) is 0 Å². The van der Waals surface area contributed by atoms with Crippen LogP contribution in [0.1, 0.15) is 24.8 Å². The molecule has 1 N–H and O–H groups in total. The molecule has 1 aromatic carbocycles. The van der Waals surface area contributed by atoms with Gasteiger partial charge in [-0.05, 0) is 37.0 Å². The van der Waals surface area contributed by atoms with Crippen molar-refractivity contribution >= 4 is 10.0 Å². The topological polar surface area (TPSA) is 73.2 Å². The molecule has 0 saturated carbocycles. The van der Waals surface area contributed by atoms with Crippen LogP contribution in [0.4, 0.5) is 0 Å². The van der Waals surface area contributed by atoms with Crippen LogP contribution in [-0.2, 0) is 16.4 Å². The van der Waals surface area contributed by atoms with Gasteiger partial charge in [-0.15, -0.1) is 0 Å². The van der Waals surface area contributed by atoms with Gasteiger partial charge in [-0.2, -0.15) is 9.57 Å². The Kier molecular flexibility index (Phi) is 3.98. The van der Waals surface area contributed by atoms with Gasteiger partial charge in [-0.3, -0.25) is 0 Å². The molecule has 6 heteroatoms. The molecule has 5 nitrogen and oxygen atoms in total. The van der Waals surface area contributed by atoms with Crippen molar-refractivity contribution in [2.75, 3.05) is 13.1 Å². The van der Waals surface area contributed by atoms with E-state index in [-0.39, 0.29) is 6.04 Å². The number of hydrogen-bond donors (Lipinski definition) is 1. The van der Waals surface area contributed by atoms with E-state index >= 15 is 0 Å². The minimum absolute atomic E-state index is 0.283. The molecule has 2 bridgehead atoms. The van der Waals surface area contributed by atoms with Gasteiger partial charge >= 0.3 is 0 Å². The van der Waals surface area contributed by atoms with E-state index < -0.39 is 10.0 Å². The van der Waals surface area contributed by atoms with Crippen molar-refractivity contribution in [3.8, 4) is 6.07 Å². The lowest BCUT2D eigenvalue weighted by atomic mass is 10.1. The second-order valence-electron chi connectivity index (χ2n) is 5.77. The van der Waals surface area contributed by atoms with Crippen LogP contribution >= 0.6 is 0 Å². The summed E-state index contributed by atoms with van der Waals surface area (Å²) in [6.45, 7) is 1.13. The lowest BCUT2D eigenvalue weighted by molar-refractivity contribution is 0.383. The molecule has 3 rings (SSSR count). The maximum Gasteiger partial charge on any atom is 0.243 e. The lowest BCUT2D eigenvalue weighted by Crippen LogP contribution is -2.39. The van der Waals surface area contributed by atoms with Crippen molar-refractivity contribution in [3.63, 3.8) is 0 Å². The zero-order valence-electron chi connectivity index (χ0n) is 11.8. The Morgan fingerprint density at radius 3 is 2.62 bits per heavy atom. The minimum Gasteiger partial charge on any atom is -0.310 e. The molecule has 112 valence electrons. The molecule has 21 heavy (non-hydrogen) atoms. The lowest BCUT2D eigenvalue weighted by Gasteiger charge is -2.23. The summed E-state index contributed by atoms with van der Waals surface area (Å²) in [4.78, 5) is 0.321. The molecule has 0 amide bonds. The highest BCUT2D eigenvalue weighted by Gasteiger charge is 2.34. The highest BCUT2D eigenvalue weighted by Crippen LogP contribution is 2.25. The average molecular weight is 305 g/mol. The third kappa shape index (κ3) is 2.95. The smallest absolute Gasteiger partial charge is 0.243 e. The normalized spacial score (nSPS) is 26.2. The Balaban J connectivity index is 1.81. The van der Waals surface area contributed by atoms with Crippen LogP contribution in [0.25, 0.3) is 0 Å². The summed E-state index contributed by atoms with van der Waals surface area (Å²) in [7, 11) is -3.43. The number of nitriles is 1. The molecule has 2 aliphatic heterocycles. The first-order valence-electron chi connectivity index (χ1n) is 7.31. The molecule has 0 aliphatic carbocycles. The fourth-order valence-electron chi connectivity index (χ4n) is 3.15. The molecule has 0 spiro atoms. The first-order valence-corrected chi connectivity index (χ1v) is 8.75. The van der Waals surface area contributed by atoms with Crippen molar-refractivity contribution < 1.29 is 8.42 Å². The number of sulfonamides is 1. The van der Waals surface area contributed by atoms with Crippen LogP contribution in [0.15, 0.2) is 29.2 Å². The van der Waals surface area contributed by atoms with E-state index in [1.165, 1.54) is 0 Å². The number of fused-ring (bicyclic) bond motifs is 2. The Bertz CT molecular complexity index is 648. The molecule has 0 aromatic heterocycles. The van der Waals surface area contributed by atoms with Crippen molar-refractivity contribution in [3.05, 3.63) is 29.8 Å². The summed E-state index contributed by atoms with van der Waals surface area (Å²) < 4.78 is 27.0. The highest BCUT2D eigenvalue weighted by atomic mass is 32.2. The van der Waals surface area contributed by atoms with Crippen LogP contribution in [0.5, 0.6) is 0 Å². The van der Waals surface area contributed by atoms with E-state index in [4.69, 9.17) is 5.26 Å². The van der Waals surface area contributed by atoms with Gasteiger partial charge in [0.25, 0.3) is 0 Å². The monoisotopic (exact) mass is 305 g/mol. The summed E-state index contributed by atoms with van der Waals surface area (Å²) in [5.74, 6) is 0. The molecule has 0 radical (unpaired) electrons. The van der Waals surface area contributed by atoms with Crippen LogP contribution in [0.3, 0.4) is 0 Å². The van der Waals surface area contributed by atoms with Crippen LogP contribution in [0.2, 0.25) is 0 Å². The van der Waals surface area contributed by atoms with Gasteiger partial charge in [-0.1, -0.05) is 12.1 Å². The number of benzene rings is 1. The molecule has 2 aliphatic rings. The Morgan fingerprint density at radius 1 is 1.19 bits per heavy atom. The average Bonchev–Trinajstić information content (AvgIpc) is 2.78. The van der Waals surface area contributed by atoms with E-state index in [0.717, 1.165) is 24.8 Å². The van der Waals surface area contributed by atoms with Crippen molar-refractivity contribution in [2.24, 2.45) is 0 Å². The fraction of sp³-hybridized carbons (Fsp3) is 0.533. The van der Waals surface area contributed by atoms with Gasteiger partial charge in [0.1, 0.15) is 0 Å². The zero-order valence-corrected chi connectivity index (χ0v) is 12.6. The summed E-state index contributed by atoms with van der Waals surface area (Å²) in [5, 5.41) is 12.2. The van der Waals surface area contributed by atoms with E-state index in [9.17, 15) is 8.42 Å². The van der Waals surface area contributed by atoms with Gasteiger partial charge in [0.15, 0.2) is 0 Å². The van der Waals surface area contributed by atoms with Crippen molar-refractivity contribution in [2.45, 2.75) is 42.7 Å². The molecule has 2 heterocycles. The largest absolute Gasteiger partial charge is 0.310 e. The molecule has 2 fully saturated rings. The van der Waals surface area contributed by atoms with Gasteiger partial charge < -0.3 is 5.32 Å². The molecule has 2 unspecified atom stereocenters. The Morgan fingerprint density at radius 2 is 1.90 bits per heavy atom.